The molecule has 3 heteroatoms. The minimum Gasteiger partial charge on any atom is -0.434 e. The van der Waals surface area contributed by atoms with E-state index in [0.717, 1.165) is 6.42 Å². The molecule has 0 fully saturated rings. The van der Waals surface area contributed by atoms with Crippen LogP contribution in [-0.2, 0) is 9.47 Å². The quantitative estimate of drug-likeness (QED) is 0.612. The van der Waals surface area contributed by atoms with Gasteiger partial charge in [-0.25, -0.2) is 4.79 Å². The Balaban J connectivity index is 3.32. The van der Waals surface area contributed by atoms with Crippen LogP contribution in [0.2, 0.25) is 0 Å². The van der Waals surface area contributed by atoms with E-state index in [-0.39, 0.29) is 6.10 Å². The van der Waals surface area contributed by atoms with Gasteiger partial charge < -0.3 is 9.47 Å². The highest BCUT2D eigenvalue weighted by Gasteiger charge is 2.05. The molecule has 0 bridgehead atoms. The first-order valence-electron chi connectivity index (χ1n) is 4.19. The van der Waals surface area contributed by atoms with Crippen LogP contribution < -0.4 is 0 Å². The molecule has 0 heterocycles. The van der Waals surface area contributed by atoms with Crippen LogP contribution in [-0.4, -0.2) is 18.9 Å². The van der Waals surface area contributed by atoms with Gasteiger partial charge in [-0.15, -0.1) is 0 Å². The second-order valence-corrected chi connectivity index (χ2v) is 3.21. The molecule has 0 rings (SSSR count). The molecule has 0 aliphatic rings. The Morgan fingerprint density at radius 3 is 2.42 bits per heavy atom. The Morgan fingerprint density at radius 1 is 1.42 bits per heavy atom. The van der Waals surface area contributed by atoms with Crippen LogP contribution in [0.5, 0.6) is 0 Å². The van der Waals surface area contributed by atoms with E-state index in [9.17, 15) is 4.79 Å². The van der Waals surface area contributed by atoms with Crippen LogP contribution >= 0.6 is 0 Å². The number of carbonyl (C=O) groups is 1. The molecule has 1 radical (unpaired) electrons. The maximum Gasteiger partial charge on any atom is 0.508 e. The number of rotatable bonds is 4. The van der Waals surface area contributed by atoms with Gasteiger partial charge in [0.05, 0.1) is 6.61 Å². The SMILES string of the molecule is [CH2][C@@H](C)OC(=O)OCCC(C)C. The molecule has 71 valence electrons. The van der Waals surface area contributed by atoms with Crippen molar-refractivity contribution in [1.29, 1.82) is 0 Å². The van der Waals surface area contributed by atoms with Crippen molar-refractivity contribution in [3.8, 4) is 0 Å². The molecule has 0 aromatic rings. The van der Waals surface area contributed by atoms with Crippen molar-refractivity contribution in [3.05, 3.63) is 6.92 Å². The molecule has 3 nitrogen and oxygen atoms in total. The molecule has 1 atom stereocenters. The second kappa shape index (κ2) is 5.86. The summed E-state index contributed by atoms with van der Waals surface area (Å²) >= 11 is 0. The van der Waals surface area contributed by atoms with Gasteiger partial charge in [-0.2, -0.15) is 0 Å². The van der Waals surface area contributed by atoms with Crippen LogP contribution in [0.4, 0.5) is 4.79 Å². The summed E-state index contributed by atoms with van der Waals surface area (Å²) < 4.78 is 9.42. The van der Waals surface area contributed by atoms with E-state index in [2.05, 4.69) is 25.5 Å². The van der Waals surface area contributed by atoms with Crippen molar-refractivity contribution >= 4 is 6.16 Å². The number of hydrogen-bond acceptors (Lipinski definition) is 3. The topological polar surface area (TPSA) is 35.5 Å². The fourth-order valence-electron chi connectivity index (χ4n) is 0.576. The van der Waals surface area contributed by atoms with Crippen molar-refractivity contribution in [2.24, 2.45) is 5.92 Å². The Kier molecular flexibility index (Phi) is 5.51. The predicted molar refractivity (Wildman–Crippen MR) is 46.7 cm³/mol. The number of carbonyl (C=O) groups excluding carboxylic acids is 1. The fraction of sp³-hybridized carbons (Fsp3) is 0.778. The van der Waals surface area contributed by atoms with Crippen LogP contribution in [0.15, 0.2) is 0 Å². The second-order valence-electron chi connectivity index (χ2n) is 3.21. The summed E-state index contributed by atoms with van der Waals surface area (Å²) in [5, 5.41) is 0. The van der Waals surface area contributed by atoms with E-state index in [1.54, 1.807) is 6.92 Å². The van der Waals surface area contributed by atoms with Crippen molar-refractivity contribution in [2.45, 2.75) is 33.3 Å². The minimum atomic E-state index is -0.627. The van der Waals surface area contributed by atoms with Crippen LogP contribution in [0.3, 0.4) is 0 Å². The minimum absolute atomic E-state index is 0.350. The lowest BCUT2D eigenvalue weighted by Gasteiger charge is -2.09. The standard InChI is InChI=1S/C9H17O3/c1-7(2)5-6-11-9(10)12-8(3)4/h7-8H,3,5-6H2,1-2,4H3/t8-/m0/s1. The monoisotopic (exact) mass is 173 g/mol. The largest absolute Gasteiger partial charge is 0.508 e. The number of ether oxygens (including phenoxy) is 2. The van der Waals surface area contributed by atoms with Crippen molar-refractivity contribution < 1.29 is 14.3 Å². The molecule has 0 spiro atoms. The highest BCUT2D eigenvalue weighted by atomic mass is 16.7. The van der Waals surface area contributed by atoms with Crippen LogP contribution in [0.25, 0.3) is 0 Å². The molecule has 0 unspecified atom stereocenters. The molecule has 0 aliphatic carbocycles. The van der Waals surface area contributed by atoms with Crippen LogP contribution in [0.1, 0.15) is 27.2 Å². The molecule has 0 aliphatic heterocycles. The summed E-state index contributed by atoms with van der Waals surface area (Å²) in [6.07, 6.45) is -0.115. The van der Waals surface area contributed by atoms with Gasteiger partial charge in [-0.05, 0) is 26.2 Å². The van der Waals surface area contributed by atoms with Crippen molar-refractivity contribution in [1.82, 2.24) is 0 Å². The lowest BCUT2D eigenvalue weighted by atomic mass is 10.1. The first-order valence-corrected chi connectivity index (χ1v) is 4.19. The van der Waals surface area contributed by atoms with E-state index < -0.39 is 6.16 Å². The maximum absolute atomic E-state index is 10.8. The zero-order valence-corrected chi connectivity index (χ0v) is 8.00. The maximum atomic E-state index is 10.8. The third-order valence-corrected chi connectivity index (χ3v) is 1.21. The number of hydrogen-bond donors (Lipinski definition) is 0. The smallest absolute Gasteiger partial charge is 0.434 e. The zero-order chi connectivity index (χ0) is 9.56. The lowest BCUT2D eigenvalue weighted by molar-refractivity contribution is 0.0388. The Bertz CT molecular complexity index is 130. The molecule has 0 saturated carbocycles. The summed E-state index contributed by atoms with van der Waals surface area (Å²) in [5.41, 5.74) is 0. The summed E-state index contributed by atoms with van der Waals surface area (Å²) in [5.74, 6) is 0.537. The molecule has 0 aromatic carbocycles. The van der Waals surface area contributed by atoms with Gasteiger partial charge in [0.2, 0.25) is 0 Å². The van der Waals surface area contributed by atoms with E-state index in [1.165, 1.54) is 0 Å². The van der Waals surface area contributed by atoms with Crippen molar-refractivity contribution in [3.63, 3.8) is 0 Å². The lowest BCUT2D eigenvalue weighted by Crippen LogP contribution is -2.14. The van der Waals surface area contributed by atoms with Gasteiger partial charge in [-0.3, -0.25) is 0 Å². The van der Waals surface area contributed by atoms with Gasteiger partial charge >= 0.3 is 6.16 Å². The molecule has 0 saturated heterocycles. The molecule has 0 aromatic heterocycles. The van der Waals surface area contributed by atoms with E-state index in [4.69, 9.17) is 4.74 Å². The normalized spacial score (nSPS) is 10.5. The Hall–Kier alpha value is -0.730. The van der Waals surface area contributed by atoms with E-state index in [1.807, 2.05) is 0 Å². The summed E-state index contributed by atoms with van der Waals surface area (Å²) in [6.45, 7) is 9.74. The molecular formula is C9H17O3. The highest BCUT2D eigenvalue weighted by molar-refractivity contribution is 5.60. The fourth-order valence-corrected chi connectivity index (χ4v) is 0.576. The Labute approximate surface area is 74.0 Å². The first-order chi connectivity index (χ1) is 5.52. The highest BCUT2D eigenvalue weighted by Crippen LogP contribution is 2.00. The van der Waals surface area contributed by atoms with Gasteiger partial charge in [0.25, 0.3) is 0 Å². The van der Waals surface area contributed by atoms with Crippen molar-refractivity contribution in [2.75, 3.05) is 6.61 Å². The average Bonchev–Trinajstić information content (AvgIpc) is 1.84. The average molecular weight is 173 g/mol. The van der Waals surface area contributed by atoms with E-state index in [0.29, 0.717) is 12.5 Å². The van der Waals surface area contributed by atoms with E-state index >= 15 is 0 Å². The molecule has 0 amide bonds. The van der Waals surface area contributed by atoms with Gasteiger partial charge in [0, 0.05) is 0 Å². The van der Waals surface area contributed by atoms with Gasteiger partial charge in [-0.1, -0.05) is 13.8 Å². The van der Waals surface area contributed by atoms with Gasteiger partial charge in [0.1, 0.15) is 6.10 Å². The summed E-state index contributed by atoms with van der Waals surface area (Å²) in [7, 11) is 0. The summed E-state index contributed by atoms with van der Waals surface area (Å²) in [6, 6.07) is 0. The molecule has 0 N–H and O–H groups in total. The third-order valence-electron chi connectivity index (χ3n) is 1.21. The van der Waals surface area contributed by atoms with Crippen LogP contribution in [0, 0.1) is 12.8 Å². The molecular weight excluding hydrogens is 156 g/mol. The summed E-state index contributed by atoms with van der Waals surface area (Å²) in [4.78, 5) is 10.8. The zero-order valence-electron chi connectivity index (χ0n) is 8.00. The van der Waals surface area contributed by atoms with Gasteiger partial charge in [0.15, 0.2) is 0 Å². The first kappa shape index (κ1) is 11.3. The predicted octanol–water partition coefficient (Wildman–Crippen LogP) is 2.41. The Morgan fingerprint density at radius 2 is 2.00 bits per heavy atom. The molecule has 12 heavy (non-hydrogen) atoms. The third kappa shape index (κ3) is 7.38.